The zero-order valence-electron chi connectivity index (χ0n) is 10.7. The summed E-state index contributed by atoms with van der Waals surface area (Å²) in [7, 11) is 0. The van der Waals surface area contributed by atoms with Crippen LogP contribution in [-0.2, 0) is 0 Å². The number of rotatable bonds is 7. The van der Waals surface area contributed by atoms with Crippen LogP contribution in [0.3, 0.4) is 0 Å². The highest BCUT2D eigenvalue weighted by atomic mass is 79.9. The normalized spacial score (nSPS) is 12.2. The molecule has 0 saturated heterocycles. The Kier molecular flexibility index (Phi) is 6.33. The van der Waals surface area contributed by atoms with Gasteiger partial charge in [0.1, 0.15) is 11.6 Å². The maximum atomic E-state index is 13.0. The minimum atomic E-state index is -0.416. The number of ether oxygens (including phenoxy) is 1. The summed E-state index contributed by atoms with van der Waals surface area (Å²) in [5.41, 5.74) is 0.308. The number of carbonyl (C=O) groups is 1. The SMILES string of the molecule is CC(=O)c1cc(F)ccc1OCCC(C)CCBr. The lowest BCUT2D eigenvalue weighted by Gasteiger charge is -2.12. The highest BCUT2D eigenvalue weighted by molar-refractivity contribution is 9.09. The van der Waals surface area contributed by atoms with Crippen molar-refractivity contribution in [1.29, 1.82) is 0 Å². The molecule has 0 heterocycles. The third kappa shape index (κ3) is 4.77. The highest BCUT2D eigenvalue weighted by Crippen LogP contribution is 2.21. The van der Waals surface area contributed by atoms with Gasteiger partial charge in [-0.15, -0.1) is 0 Å². The Hall–Kier alpha value is -0.900. The molecule has 0 fully saturated rings. The molecule has 0 amide bonds. The quantitative estimate of drug-likeness (QED) is 0.556. The van der Waals surface area contributed by atoms with Gasteiger partial charge < -0.3 is 4.74 Å². The second-order valence-corrected chi connectivity index (χ2v) is 5.21. The summed E-state index contributed by atoms with van der Waals surface area (Å²) in [4.78, 5) is 11.4. The lowest BCUT2D eigenvalue weighted by molar-refractivity contribution is 0.101. The van der Waals surface area contributed by atoms with Crippen molar-refractivity contribution in [3.8, 4) is 5.75 Å². The Morgan fingerprint density at radius 2 is 2.17 bits per heavy atom. The minimum absolute atomic E-state index is 0.182. The van der Waals surface area contributed by atoms with Gasteiger partial charge in [-0.05, 0) is 43.9 Å². The molecule has 18 heavy (non-hydrogen) atoms. The predicted octanol–water partition coefficient (Wildman–Crippen LogP) is 4.22. The third-order valence-electron chi connectivity index (χ3n) is 2.79. The van der Waals surface area contributed by atoms with E-state index in [1.807, 2.05) is 0 Å². The fourth-order valence-corrected chi connectivity index (χ4v) is 2.39. The van der Waals surface area contributed by atoms with Crippen molar-refractivity contribution in [3.05, 3.63) is 29.6 Å². The van der Waals surface area contributed by atoms with Crippen molar-refractivity contribution in [2.75, 3.05) is 11.9 Å². The first-order valence-electron chi connectivity index (χ1n) is 6.04. The van der Waals surface area contributed by atoms with E-state index in [0.29, 0.717) is 23.8 Å². The van der Waals surface area contributed by atoms with E-state index in [9.17, 15) is 9.18 Å². The molecule has 1 atom stereocenters. The van der Waals surface area contributed by atoms with Crippen LogP contribution in [-0.4, -0.2) is 17.7 Å². The number of hydrogen-bond donors (Lipinski definition) is 0. The van der Waals surface area contributed by atoms with Crippen molar-refractivity contribution in [1.82, 2.24) is 0 Å². The lowest BCUT2D eigenvalue weighted by atomic mass is 10.1. The van der Waals surface area contributed by atoms with Gasteiger partial charge in [0.15, 0.2) is 5.78 Å². The maximum absolute atomic E-state index is 13.0. The van der Waals surface area contributed by atoms with Crippen molar-refractivity contribution in [2.24, 2.45) is 5.92 Å². The van der Waals surface area contributed by atoms with Gasteiger partial charge in [0.2, 0.25) is 0 Å². The zero-order chi connectivity index (χ0) is 13.5. The number of Topliss-reactive ketones (excluding diaryl/α,β-unsaturated/α-hetero) is 1. The first-order valence-corrected chi connectivity index (χ1v) is 7.16. The number of ketones is 1. The van der Waals surface area contributed by atoms with Crippen LogP contribution < -0.4 is 4.74 Å². The van der Waals surface area contributed by atoms with Crippen LogP contribution in [0, 0.1) is 11.7 Å². The summed E-state index contributed by atoms with van der Waals surface area (Å²) >= 11 is 3.40. The molecule has 0 aliphatic carbocycles. The van der Waals surface area contributed by atoms with Gasteiger partial charge in [-0.3, -0.25) is 4.79 Å². The summed E-state index contributed by atoms with van der Waals surface area (Å²) in [6.45, 7) is 4.11. The molecule has 1 unspecified atom stereocenters. The van der Waals surface area contributed by atoms with Crippen LogP contribution in [0.15, 0.2) is 18.2 Å². The summed E-state index contributed by atoms with van der Waals surface area (Å²) < 4.78 is 18.6. The van der Waals surface area contributed by atoms with Crippen LogP contribution >= 0.6 is 15.9 Å². The average molecular weight is 317 g/mol. The van der Waals surface area contributed by atoms with Crippen LogP contribution in [0.25, 0.3) is 0 Å². The van der Waals surface area contributed by atoms with Gasteiger partial charge in [0.25, 0.3) is 0 Å². The monoisotopic (exact) mass is 316 g/mol. The smallest absolute Gasteiger partial charge is 0.163 e. The number of halogens is 2. The molecule has 100 valence electrons. The molecule has 1 aromatic carbocycles. The topological polar surface area (TPSA) is 26.3 Å². The first-order chi connectivity index (χ1) is 8.54. The molecule has 4 heteroatoms. The summed E-state index contributed by atoms with van der Waals surface area (Å²) in [6.07, 6.45) is 2.01. The number of carbonyl (C=O) groups excluding carboxylic acids is 1. The van der Waals surface area contributed by atoms with E-state index in [1.165, 1.54) is 25.1 Å². The van der Waals surface area contributed by atoms with Gasteiger partial charge >= 0.3 is 0 Å². The van der Waals surface area contributed by atoms with Crippen LogP contribution in [0.4, 0.5) is 4.39 Å². The largest absolute Gasteiger partial charge is 0.493 e. The minimum Gasteiger partial charge on any atom is -0.493 e. The van der Waals surface area contributed by atoms with E-state index in [-0.39, 0.29) is 5.78 Å². The molecule has 0 aliphatic heterocycles. The van der Waals surface area contributed by atoms with Crippen LogP contribution in [0.1, 0.15) is 37.0 Å². The lowest BCUT2D eigenvalue weighted by Crippen LogP contribution is -2.07. The highest BCUT2D eigenvalue weighted by Gasteiger charge is 2.10. The molecule has 0 N–H and O–H groups in total. The molecule has 0 saturated carbocycles. The van der Waals surface area contributed by atoms with E-state index in [2.05, 4.69) is 22.9 Å². The van der Waals surface area contributed by atoms with Gasteiger partial charge in [0.05, 0.1) is 12.2 Å². The number of benzene rings is 1. The van der Waals surface area contributed by atoms with Gasteiger partial charge in [0, 0.05) is 5.33 Å². The molecule has 2 nitrogen and oxygen atoms in total. The summed E-state index contributed by atoms with van der Waals surface area (Å²) in [6, 6.07) is 4.05. The molecule has 1 aromatic rings. The molecule has 0 aromatic heterocycles. The fraction of sp³-hybridized carbons (Fsp3) is 0.500. The van der Waals surface area contributed by atoms with E-state index in [0.717, 1.165) is 18.2 Å². The fourth-order valence-electron chi connectivity index (χ4n) is 1.60. The second-order valence-electron chi connectivity index (χ2n) is 4.42. The summed E-state index contributed by atoms with van der Waals surface area (Å²) in [5, 5.41) is 0.976. The Labute approximate surface area is 116 Å². The molecule has 1 rings (SSSR count). The molecular weight excluding hydrogens is 299 g/mol. The molecule has 0 aliphatic rings. The second kappa shape index (κ2) is 7.52. The van der Waals surface area contributed by atoms with Crippen molar-refractivity contribution < 1.29 is 13.9 Å². The molecule has 0 spiro atoms. The van der Waals surface area contributed by atoms with Crippen LogP contribution in [0.2, 0.25) is 0 Å². The van der Waals surface area contributed by atoms with Crippen molar-refractivity contribution in [2.45, 2.75) is 26.7 Å². The predicted molar refractivity (Wildman–Crippen MR) is 74.1 cm³/mol. The van der Waals surface area contributed by atoms with Gasteiger partial charge in [-0.2, -0.15) is 0 Å². The van der Waals surface area contributed by atoms with E-state index in [4.69, 9.17) is 4.74 Å². The van der Waals surface area contributed by atoms with Crippen LogP contribution in [0.5, 0.6) is 5.75 Å². The van der Waals surface area contributed by atoms with Gasteiger partial charge in [-0.1, -0.05) is 22.9 Å². The standard InChI is InChI=1S/C14H18BrFO2/c1-10(5-7-15)6-8-18-14-4-3-12(16)9-13(14)11(2)17/h3-4,9-10H,5-8H2,1-2H3. The van der Waals surface area contributed by atoms with Crippen molar-refractivity contribution >= 4 is 21.7 Å². The first kappa shape index (κ1) is 15.2. The van der Waals surface area contributed by atoms with Crippen molar-refractivity contribution in [3.63, 3.8) is 0 Å². The third-order valence-corrected chi connectivity index (χ3v) is 3.25. The number of alkyl halides is 1. The summed E-state index contributed by atoms with van der Waals surface area (Å²) in [5.74, 6) is 0.429. The van der Waals surface area contributed by atoms with Gasteiger partial charge in [-0.25, -0.2) is 4.39 Å². The maximum Gasteiger partial charge on any atom is 0.163 e. The Bertz CT molecular complexity index is 407. The zero-order valence-corrected chi connectivity index (χ0v) is 12.3. The Balaban J connectivity index is 2.59. The number of hydrogen-bond acceptors (Lipinski definition) is 2. The Morgan fingerprint density at radius 1 is 1.44 bits per heavy atom. The average Bonchev–Trinajstić information content (AvgIpc) is 2.31. The molecule has 0 bridgehead atoms. The van der Waals surface area contributed by atoms with E-state index >= 15 is 0 Å². The van der Waals surface area contributed by atoms with E-state index < -0.39 is 5.82 Å². The van der Waals surface area contributed by atoms with E-state index in [1.54, 1.807) is 0 Å². The Morgan fingerprint density at radius 3 is 2.78 bits per heavy atom. The molecule has 0 radical (unpaired) electrons. The molecular formula is C14H18BrFO2.